The number of thioether (sulfide) groups is 1. The number of nitrogens with two attached hydrogens (primary N) is 1. The van der Waals surface area contributed by atoms with E-state index in [-0.39, 0.29) is 23.7 Å². The van der Waals surface area contributed by atoms with Gasteiger partial charge in [0, 0.05) is 24.9 Å². The first-order valence-corrected chi connectivity index (χ1v) is 9.73. The van der Waals surface area contributed by atoms with Gasteiger partial charge in [-0.3, -0.25) is 4.79 Å². The molecule has 2 rings (SSSR count). The summed E-state index contributed by atoms with van der Waals surface area (Å²) >= 11 is 1.78. The van der Waals surface area contributed by atoms with E-state index >= 15 is 0 Å². The van der Waals surface area contributed by atoms with Crippen LogP contribution in [0.2, 0.25) is 0 Å². The molecule has 1 heterocycles. The minimum atomic E-state index is 0. The zero-order valence-corrected chi connectivity index (χ0v) is 16.6. The molecule has 0 saturated carbocycles. The Morgan fingerprint density at radius 1 is 1.21 bits per heavy atom. The van der Waals surface area contributed by atoms with Crippen molar-refractivity contribution in [3.05, 3.63) is 35.9 Å². The van der Waals surface area contributed by atoms with Crippen LogP contribution >= 0.6 is 24.2 Å². The van der Waals surface area contributed by atoms with Gasteiger partial charge in [0.15, 0.2) is 0 Å². The van der Waals surface area contributed by atoms with Crippen molar-refractivity contribution in [3.8, 4) is 0 Å². The number of piperidine rings is 1. The number of likely N-dealkylation sites (tertiary alicyclic amines) is 1. The minimum Gasteiger partial charge on any atom is -0.342 e. The van der Waals surface area contributed by atoms with Crippen molar-refractivity contribution in [3.63, 3.8) is 0 Å². The minimum absolute atomic E-state index is 0. The number of carbonyl (C=O) groups excluding carboxylic acids is 1. The molecule has 1 saturated heterocycles. The molecular formula is C19H31ClN2OS. The predicted molar refractivity (Wildman–Crippen MR) is 107 cm³/mol. The summed E-state index contributed by atoms with van der Waals surface area (Å²) in [4.78, 5) is 15.0. The third kappa shape index (κ3) is 5.98. The summed E-state index contributed by atoms with van der Waals surface area (Å²) in [5.41, 5.74) is 7.29. The average Bonchev–Trinajstić information content (AvgIpc) is 2.55. The second-order valence-electron chi connectivity index (χ2n) is 6.98. The fourth-order valence-corrected chi connectivity index (χ4v) is 4.38. The van der Waals surface area contributed by atoms with Crippen molar-refractivity contribution >= 4 is 30.1 Å². The largest absolute Gasteiger partial charge is 0.342 e. The number of hydrogen-bond donors (Lipinski definition) is 1. The molecule has 1 aliphatic rings. The Morgan fingerprint density at radius 3 is 2.29 bits per heavy atom. The van der Waals surface area contributed by atoms with Gasteiger partial charge in [-0.2, -0.15) is 0 Å². The first-order chi connectivity index (χ1) is 11.0. The van der Waals surface area contributed by atoms with Crippen LogP contribution in [0.3, 0.4) is 0 Å². The first-order valence-electron chi connectivity index (χ1n) is 8.69. The molecule has 0 aliphatic carbocycles. The van der Waals surface area contributed by atoms with Crippen LogP contribution in [0, 0.1) is 11.8 Å². The van der Waals surface area contributed by atoms with E-state index in [0.717, 1.165) is 31.7 Å². The summed E-state index contributed by atoms with van der Waals surface area (Å²) in [5, 5.41) is 0.0436. The van der Waals surface area contributed by atoms with Crippen molar-refractivity contribution in [2.75, 3.05) is 13.1 Å². The molecule has 0 aromatic heterocycles. The zero-order valence-electron chi connectivity index (χ0n) is 15.0. The lowest BCUT2D eigenvalue weighted by atomic mass is 9.90. The van der Waals surface area contributed by atoms with E-state index in [9.17, 15) is 4.79 Å². The second-order valence-corrected chi connectivity index (χ2v) is 8.11. The van der Waals surface area contributed by atoms with Gasteiger partial charge in [-0.25, -0.2) is 0 Å². The van der Waals surface area contributed by atoms with E-state index in [4.69, 9.17) is 5.73 Å². The molecule has 0 spiro atoms. The van der Waals surface area contributed by atoms with Crippen LogP contribution in [0.15, 0.2) is 30.3 Å². The third-order valence-electron chi connectivity index (χ3n) is 4.72. The van der Waals surface area contributed by atoms with Crippen LogP contribution in [0.1, 0.15) is 39.2 Å². The zero-order chi connectivity index (χ0) is 16.8. The molecule has 5 heteroatoms. The predicted octanol–water partition coefficient (Wildman–Crippen LogP) is 3.95. The quantitative estimate of drug-likeness (QED) is 0.824. The number of rotatable bonds is 6. The van der Waals surface area contributed by atoms with Crippen LogP contribution in [0.25, 0.3) is 0 Å². The van der Waals surface area contributed by atoms with E-state index in [1.807, 2.05) is 6.07 Å². The Kier molecular flexibility index (Phi) is 9.17. The van der Waals surface area contributed by atoms with Gasteiger partial charge in [0.1, 0.15) is 0 Å². The van der Waals surface area contributed by atoms with Crippen molar-refractivity contribution in [2.24, 2.45) is 17.6 Å². The van der Waals surface area contributed by atoms with E-state index in [1.54, 1.807) is 11.8 Å². The molecule has 136 valence electrons. The van der Waals surface area contributed by atoms with Crippen molar-refractivity contribution < 1.29 is 4.79 Å². The summed E-state index contributed by atoms with van der Waals surface area (Å²) in [5.74, 6) is 2.12. The maximum Gasteiger partial charge on any atom is 0.235 e. The number of amides is 1. The van der Waals surface area contributed by atoms with E-state index in [0.29, 0.717) is 17.7 Å². The van der Waals surface area contributed by atoms with Gasteiger partial charge >= 0.3 is 0 Å². The molecule has 3 nitrogen and oxygen atoms in total. The molecule has 2 N–H and O–H groups in total. The number of benzene rings is 1. The number of halogens is 1. The highest BCUT2D eigenvalue weighted by atomic mass is 35.5. The van der Waals surface area contributed by atoms with E-state index < -0.39 is 0 Å². The summed E-state index contributed by atoms with van der Waals surface area (Å²) in [6.07, 6.45) is 2.08. The van der Waals surface area contributed by atoms with Gasteiger partial charge in [0.05, 0.1) is 5.25 Å². The van der Waals surface area contributed by atoms with Crippen LogP contribution < -0.4 is 5.73 Å². The molecule has 24 heavy (non-hydrogen) atoms. The number of hydrogen-bond acceptors (Lipinski definition) is 3. The SMILES string of the molecule is CC(C)C(SCc1ccccc1)C(=O)N1CCC(C(C)N)CC1.Cl. The Bertz CT molecular complexity index is 487. The molecule has 1 fully saturated rings. The molecule has 1 aromatic carbocycles. The van der Waals surface area contributed by atoms with Crippen molar-refractivity contribution in [1.82, 2.24) is 4.90 Å². The Morgan fingerprint density at radius 2 is 1.79 bits per heavy atom. The van der Waals surface area contributed by atoms with Gasteiger partial charge in [-0.15, -0.1) is 24.2 Å². The van der Waals surface area contributed by atoms with Gasteiger partial charge in [-0.1, -0.05) is 44.2 Å². The maximum atomic E-state index is 12.9. The Balaban J connectivity index is 0.00000288. The van der Waals surface area contributed by atoms with Gasteiger partial charge < -0.3 is 10.6 Å². The molecule has 0 radical (unpaired) electrons. The molecule has 2 unspecified atom stereocenters. The van der Waals surface area contributed by atoms with Crippen LogP contribution in [0.5, 0.6) is 0 Å². The van der Waals surface area contributed by atoms with Gasteiger partial charge in [0.25, 0.3) is 0 Å². The third-order valence-corrected chi connectivity index (χ3v) is 6.32. The average molecular weight is 371 g/mol. The molecule has 0 bridgehead atoms. The lowest BCUT2D eigenvalue weighted by molar-refractivity contribution is -0.132. The van der Waals surface area contributed by atoms with Crippen molar-refractivity contribution in [2.45, 2.75) is 50.7 Å². The normalized spacial score (nSPS) is 18.1. The van der Waals surface area contributed by atoms with Crippen LogP contribution in [0.4, 0.5) is 0 Å². The van der Waals surface area contributed by atoms with Crippen LogP contribution in [-0.2, 0) is 10.5 Å². The lowest BCUT2D eigenvalue weighted by Crippen LogP contribution is -2.46. The molecule has 1 aromatic rings. The molecule has 1 amide bonds. The summed E-state index contributed by atoms with van der Waals surface area (Å²) < 4.78 is 0. The highest BCUT2D eigenvalue weighted by molar-refractivity contribution is 7.99. The van der Waals surface area contributed by atoms with Gasteiger partial charge in [0.2, 0.25) is 5.91 Å². The summed E-state index contributed by atoms with van der Waals surface area (Å²) in [7, 11) is 0. The van der Waals surface area contributed by atoms with E-state index in [2.05, 4.69) is 49.9 Å². The summed E-state index contributed by atoms with van der Waals surface area (Å²) in [6, 6.07) is 10.6. The first kappa shape index (κ1) is 21.3. The van der Waals surface area contributed by atoms with Crippen molar-refractivity contribution in [1.29, 1.82) is 0 Å². The highest BCUT2D eigenvalue weighted by Gasteiger charge is 2.31. The summed E-state index contributed by atoms with van der Waals surface area (Å²) in [6.45, 7) is 8.10. The molecular weight excluding hydrogens is 340 g/mol. The number of nitrogens with zero attached hydrogens (tertiary/aromatic N) is 1. The Labute approximate surface area is 157 Å². The fraction of sp³-hybridized carbons (Fsp3) is 0.632. The molecule has 2 atom stereocenters. The standard InChI is InChI=1S/C19H30N2OS.ClH/c1-14(2)18(23-13-16-7-5-4-6-8-16)19(22)21-11-9-17(10-12-21)15(3)20;/h4-8,14-15,17-18H,9-13,20H2,1-3H3;1H. The van der Waals surface area contributed by atoms with Crippen LogP contribution in [-0.4, -0.2) is 35.2 Å². The smallest absolute Gasteiger partial charge is 0.235 e. The fourth-order valence-electron chi connectivity index (χ4n) is 3.13. The Hall–Kier alpha value is -0.710. The lowest BCUT2D eigenvalue weighted by Gasteiger charge is -2.36. The highest BCUT2D eigenvalue weighted by Crippen LogP contribution is 2.28. The molecule has 1 aliphatic heterocycles. The monoisotopic (exact) mass is 370 g/mol. The van der Waals surface area contributed by atoms with E-state index in [1.165, 1.54) is 5.56 Å². The topological polar surface area (TPSA) is 46.3 Å². The number of carbonyl (C=O) groups is 1. The van der Waals surface area contributed by atoms with Gasteiger partial charge in [-0.05, 0) is 37.2 Å². The maximum absolute atomic E-state index is 12.9. The second kappa shape index (κ2) is 10.3.